The van der Waals surface area contributed by atoms with Crippen LogP contribution >= 0.6 is 11.6 Å². The minimum Gasteiger partial charge on any atom is -0.545 e. The van der Waals surface area contributed by atoms with E-state index < -0.39 is 5.97 Å². The van der Waals surface area contributed by atoms with Crippen LogP contribution in [0.3, 0.4) is 0 Å². The molecule has 92 valence electrons. The summed E-state index contributed by atoms with van der Waals surface area (Å²) >= 11 is 5.76. The Balaban J connectivity index is 2.04. The van der Waals surface area contributed by atoms with E-state index in [1.165, 1.54) is 12.1 Å². The molecule has 0 amide bonds. The second-order valence-electron chi connectivity index (χ2n) is 3.73. The van der Waals surface area contributed by atoms with E-state index in [0.29, 0.717) is 17.4 Å². The van der Waals surface area contributed by atoms with Gasteiger partial charge in [0, 0.05) is 5.02 Å². The molecule has 0 radical (unpaired) electrons. The molecule has 0 fully saturated rings. The Morgan fingerprint density at radius 3 is 2.56 bits per heavy atom. The van der Waals surface area contributed by atoms with Gasteiger partial charge in [0.25, 0.3) is 0 Å². The van der Waals surface area contributed by atoms with Crippen LogP contribution < -0.4 is 9.84 Å². The molecular weight excluding hydrogens is 252 g/mol. The van der Waals surface area contributed by atoms with Crippen molar-refractivity contribution < 1.29 is 14.6 Å². The van der Waals surface area contributed by atoms with E-state index >= 15 is 0 Å². The van der Waals surface area contributed by atoms with Crippen molar-refractivity contribution >= 4 is 17.6 Å². The fourth-order valence-corrected chi connectivity index (χ4v) is 1.61. The third-order valence-corrected chi connectivity index (χ3v) is 2.63. The fourth-order valence-electron chi connectivity index (χ4n) is 1.49. The number of hydrogen-bond donors (Lipinski definition) is 0. The molecule has 0 atom stereocenters. The lowest BCUT2D eigenvalue weighted by molar-refractivity contribution is -0.255. The van der Waals surface area contributed by atoms with Crippen LogP contribution in [0.25, 0.3) is 0 Å². The first-order valence-corrected chi connectivity index (χ1v) is 5.71. The van der Waals surface area contributed by atoms with Crippen LogP contribution in [0.1, 0.15) is 15.9 Å². The number of ether oxygens (including phenoxy) is 1. The molecule has 2 rings (SSSR count). The first kappa shape index (κ1) is 12.5. The third-order valence-electron chi connectivity index (χ3n) is 2.38. The zero-order valence-electron chi connectivity index (χ0n) is 9.43. The summed E-state index contributed by atoms with van der Waals surface area (Å²) in [4.78, 5) is 10.7. The van der Waals surface area contributed by atoms with Crippen LogP contribution in [-0.2, 0) is 6.61 Å². The highest BCUT2D eigenvalue weighted by Crippen LogP contribution is 2.17. The van der Waals surface area contributed by atoms with Crippen LogP contribution in [0.5, 0.6) is 5.75 Å². The molecule has 0 saturated carbocycles. The highest BCUT2D eigenvalue weighted by molar-refractivity contribution is 6.30. The summed E-state index contributed by atoms with van der Waals surface area (Å²) in [5.74, 6) is -0.512. The maximum Gasteiger partial charge on any atom is 0.119 e. The largest absolute Gasteiger partial charge is 0.545 e. The van der Waals surface area contributed by atoms with Gasteiger partial charge in [0.05, 0.1) is 5.97 Å². The Bertz CT molecular complexity index is 549. The van der Waals surface area contributed by atoms with Crippen LogP contribution in [0.2, 0.25) is 5.02 Å². The van der Waals surface area contributed by atoms with E-state index in [9.17, 15) is 9.90 Å². The predicted molar refractivity (Wildman–Crippen MR) is 66.6 cm³/mol. The SMILES string of the molecule is O=C([O-])c1cccc(COc2ccc(Cl)cc2)c1. The van der Waals surface area contributed by atoms with Crippen molar-refractivity contribution in [3.8, 4) is 5.75 Å². The molecule has 0 saturated heterocycles. The fraction of sp³-hybridized carbons (Fsp3) is 0.0714. The molecular formula is C14H10ClO3-. The number of rotatable bonds is 4. The third kappa shape index (κ3) is 3.25. The number of carboxylic acid groups (broad SMARTS) is 1. The van der Waals surface area contributed by atoms with Gasteiger partial charge in [-0.05, 0) is 41.5 Å². The molecule has 0 bridgehead atoms. The number of hydrogen-bond acceptors (Lipinski definition) is 3. The van der Waals surface area contributed by atoms with Gasteiger partial charge in [0.1, 0.15) is 12.4 Å². The number of carbonyl (C=O) groups is 1. The molecule has 0 aliphatic rings. The van der Waals surface area contributed by atoms with E-state index in [-0.39, 0.29) is 5.56 Å². The van der Waals surface area contributed by atoms with Crippen molar-refractivity contribution in [3.63, 3.8) is 0 Å². The van der Waals surface area contributed by atoms with E-state index in [1.807, 2.05) is 0 Å². The summed E-state index contributed by atoms with van der Waals surface area (Å²) in [5, 5.41) is 11.3. The Labute approximate surface area is 110 Å². The summed E-state index contributed by atoms with van der Waals surface area (Å²) < 4.78 is 5.51. The van der Waals surface area contributed by atoms with Crippen LogP contribution in [0.4, 0.5) is 0 Å². The molecule has 3 nitrogen and oxygen atoms in total. The molecule has 4 heteroatoms. The Morgan fingerprint density at radius 1 is 1.17 bits per heavy atom. The summed E-state index contributed by atoms with van der Waals surface area (Å²) in [5.41, 5.74) is 0.916. The van der Waals surface area contributed by atoms with Crippen molar-refractivity contribution in [2.24, 2.45) is 0 Å². The van der Waals surface area contributed by atoms with Gasteiger partial charge in [-0.15, -0.1) is 0 Å². The van der Waals surface area contributed by atoms with Gasteiger partial charge in [-0.1, -0.05) is 29.8 Å². The summed E-state index contributed by atoms with van der Waals surface area (Å²) in [6.07, 6.45) is 0. The van der Waals surface area contributed by atoms with E-state index in [0.717, 1.165) is 5.56 Å². The second-order valence-corrected chi connectivity index (χ2v) is 4.17. The average molecular weight is 262 g/mol. The molecule has 0 aliphatic carbocycles. The minimum atomic E-state index is -1.19. The normalized spacial score (nSPS) is 10.1. The van der Waals surface area contributed by atoms with E-state index in [2.05, 4.69) is 0 Å². The second kappa shape index (κ2) is 5.56. The van der Waals surface area contributed by atoms with Crippen LogP contribution in [-0.4, -0.2) is 5.97 Å². The lowest BCUT2D eigenvalue weighted by Gasteiger charge is -2.08. The predicted octanol–water partition coefficient (Wildman–Crippen LogP) is 2.28. The molecule has 0 heterocycles. The number of carboxylic acids is 1. The van der Waals surface area contributed by atoms with E-state index in [4.69, 9.17) is 16.3 Å². The molecule has 0 aromatic heterocycles. The first-order chi connectivity index (χ1) is 8.65. The molecule has 0 spiro atoms. The maximum absolute atomic E-state index is 10.7. The molecule has 18 heavy (non-hydrogen) atoms. The lowest BCUT2D eigenvalue weighted by Crippen LogP contribution is -2.22. The quantitative estimate of drug-likeness (QED) is 0.848. The van der Waals surface area contributed by atoms with Crippen molar-refractivity contribution in [1.82, 2.24) is 0 Å². The topological polar surface area (TPSA) is 49.4 Å². The summed E-state index contributed by atoms with van der Waals surface area (Å²) in [7, 11) is 0. The van der Waals surface area contributed by atoms with Gasteiger partial charge in [-0.25, -0.2) is 0 Å². The van der Waals surface area contributed by atoms with Gasteiger partial charge in [-0.3, -0.25) is 0 Å². The van der Waals surface area contributed by atoms with Crippen molar-refractivity contribution in [2.75, 3.05) is 0 Å². The van der Waals surface area contributed by atoms with Gasteiger partial charge >= 0.3 is 0 Å². The molecule has 2 aromatic rings. The Hall–Kier alpha value is -2.00. The smallest absolute Gasteiger partial charge is 0.119 e. The van der Waals surface area contributed by atoms with Crippen molar-refractivity contribution in [2.45, 2.75) is 6.61 Å². The number of halogens is 1. The summed E-state index contributed by atoms with van der Waals surface area (Å²) in [6, 6.07) is 13.4. The Morgan fingerprint density at radius 2 is 1.89 bits per heavy atom. The molecule has 0 N–H and O–H groups in total. The first-order valence-electron chi connectivity index (χ1n) is 5.34. The Kier molecular flexibility index (Phi) is 3.85. The van der Waals surface area contributed by atoms with Crippen LogP contribution in [0.15, 0.2) is 48.5 Å². The van der Waals surface area contributed by atoms with Gasteiger partial charge in [0.2, 0.25) is 0 Å². The number of carbonyl (C=O) groups excluding carboxylic acids is 1. The van der Waals surface area contributed by atoms with Gasteiger partial charge < -0.3 is 14.6 Å². The van der Waals surface area contributed by atoms with Gasteiger partial charge in [-0.2, -0.15) is 0 Å². The monoisotopic (exact) mass is 261 g/mol. The lowest BCUT2D eigenvalue weighted by atomic mass is 10.1. The standard InChI is InChI=1S/C14H11ClO3/c15-12-4-6-13(7-5-12)18-9-10-2-1-3-11(8-10)14(16)17/h1-8H,9H2,(H,16,17)/p-1. The van der Waals surface area contributed by atoms with Crippen molar-refractivity contribution in [1.29, 1.82) is 0 Å². The van der Waals surface area contributed by atoms with Crippen LogP contribution in [0, 0.1) is 0 Å². The average Bonchev–Trinajstić information content (AvgIpc) is 2.38. The highest BCUT2D eigenvalue weighted by atomic mass is 35.5. The molecule has 2 aromatic carbocycles. The maximum atomic E-state index is 10.7. The highest BCUT2D eigenvalue weighted by Gasteiger charge is 1.99. The molecule has 0 unspecified atom stereocenters. The minimum absolute atomic E-state index is 0.146. The van der Waals surface area contributed by atoms with Crippen molar-refractivity contribution in [3.05, 3.63) is 64.7 Å². The van der Waals surface area contributed by atoms with Gasteiger partial charge in [0.15, 0.2) is 0 Å². The molecule has 0 aliphatic heterocycles. The number of benzene rings is 2. The zero-order valence-corrected chi connectivity index (χ0v) is 10.2. The number of aromatic carboxylic acids is 1. The summed E-state index contributed by atoms with van der Waals surface area (Å²) in [6.45, 7) is 0.294. The zero-order chi connectivity index (χ0) is 13.0. The van der Waals surface area contributed by atoms with E-state index in [1.54, 1.807) is 36.4 Å².